The molecule has 1 amide bonds. The SMILES string of the molecule is CCOC(=O)C1=C(C)N=C2SC=C(CC(=O)N3CCN(CCOC)CC3)N2[C@H]1c1ccccc1F. The summed E-state index contributed by atoms with van der Waals surface area (Å²) in [5.41, 5.74) is 1.81. The molecule has 8 nitrogen and oxygen atoms in total. The summed E-state index contributed by atoms with van der Waals surface area (Å²) >= 11 is 1.38. The van der Waals surface area contributed by atoms with E-state index in [1.165, 1.54) is 17.8 Å². The highest BCUT2D eigenvalue weighted by molar-refractivity contribution is 8.16. The molecule has 1 atom stereocenters. The molecule has 1 fully saturated rings. The summed E-state index contributed by atoms with van der Waals surface area (Å²) in [4.78, 5) is 36.8. The lowest BCUT2D eigenvalue weighted by atomic mass is 9.93. The van der Waals surface area contributed by atoms with Crippen molar-refractivity contribution >= 4 is 28.8 Å². The molecule has 3 aliphatic heterocycles. The van der Waals surface area contributed by atoms with E-state index in [9.17, 15) is 9.59 Å². The quantitative estimate of drug-likeness (QED) is 0.506. The Morgan fingerprint density at radius 1 is 1.20 bits per heavy atom. The molecular weight excluding hydrogens is 471 g/mol. The predicted molar refractivity (Wildman–Crippen MR) is 133 cm³/mol. The number of amides is 1. The first-order chi connectivity index (χ1) is 16.9. The average Bonchev–Trinajstić information content (AvgIpc) is 3.24. The molecule has 0 bridgehead atoms. The third-order valence-electron chi connectivity index (χ3n) is 6.36. The molecule has 0 aliphatic carbocycles. The second-order valence-electron chi connectivity index (χ2n) is 8.53. The fourth-order valence-electron chi connectivity index (χ4n) is 4.54. The largest absolute Gasteiger partial charge is 0.463 e. The van der Waals surface area contributed by atoms with Crippen LogP contribution in [0.3, 0.4) is 0 Å². The van der Waals surface area contributed by atoms with Crippen molar-refractivity contribution in [3.05, 3.63) is 58.0 Å². The number of hydrogen-bond donors (Lipinski definition) is 0. The Morgan fingerprint density at radius 3 is 2.63 bits per heavy atom. The molecule has 3 aliphatic rings. The highest BCUT2D eigenvalue weighted by atomic mass is 32.2. The summed E-state index contributed by atoms with van der Waals surface area (Å²) in [6.45, 7) is 8.07. The molecule has 4 rings (SSSR count). The van der Waals surface area contributed by atoms with Gasteiger partial charge in [0.15, 0.2) is 5.17 Å². The number of halogens is 1. The topological polar surface area (TPSA) is 74.7 Å². The van der Waals surface area contributed by atoms with E-state index in [-0.39, 0.29) is 24.5 Å². The normalized spacial score (nSPS) is 20.5. The second-order valence-corrected chi connectivity index (χ2v) is 9.36. The molecule has 188 valence electrons. The molecular formula is C25H31FN4O4S. The van der Waals surface area contributed by atoms with Crippen molar-refractivity contribution in [3.63, 3.8) is 0 Å². The number of rotatable bonds is 8. The van der Waals surface area contributed by atoms with Crippen LogP contribution in [0.2, 0.25) is 0 Å². The number of thioether (sulfide) groups is 1. The first kappa shape index (κ1) is 25.4. The van der Waals surface area contributed by atoms with Crippen LogP contribution < -0.4 is 0 Å². The third kappa shape index (κ3) is 5.44. The number of allylic oxidation sites excluding steroid dienone is 1. The van der Waals surface area contributed by atoms with Crippen molar-refractivity contribution in [3.8, 4) is 0 Å². The molecule has 1 aromatic rings. The Hall–Kier alpha value is -2.69. The van der Waals surface area contributed by atoms with Crippen LogP contribution in [0.5, 0.6) is 0 Å². The van der Waals surface area contributed by atoms with Gasteiger partial charge in [-0.1, -0.05) is 30.0 Å². The first-order valence-corrected chi connectivity index (χ1v) is 12.7. The van der Waals surface area contributed by atoms with Gasteiger partial charge >= 0.3 is 5.97 Å². The minimum Gasteiger partial charge on any atom is -0.463 e. The standard InChI is InChI=1S/C25H31FN4O4S/c1-4-34-24(32)22-17(2)27-25-30(23(22)19-7-5-6-8-20(19)26)18(16-35-25)15-21(31)29-11-9-28(10-12-29)13-14-33-3/h5-8,16,23H,4,9-15H2,1-3H3/t23-/m0/s1. The first-order valence-electron chi connectivity index (χ1n) is 11.8. The molecule has 10 heteroatoms. The number of piperazine rings is 1. The van der Waals surface area contributed by atoms with Gasteiger partial charge in [-0.15, -0.1) is 0 Å². The van der Waals surface area contributed by atoms with Gasteiger partial charge in [0.2, 0.25) is 5.91 Å². The zero-order chi connectivity index (χ0) is 24.9. The maximum absolute atomic E-state index is 15.0. The van der Waals surface area contributed by atoms with E-state index in [0.29, 0.717) is 41.8 Å². The van der Waals surface area contributed by atoms with Gasteiger partial charge in [-0.05, 0) is 25.3 Å². The number of ether oxygens (including phenoxy) is 2. The van der Waals surface area contributed by atoms with Gasteiger partial charge in [-0.25, -0.2) is 14.2 Å². The monoisotopic (exact) mass is 502 g/mol. The minimum atomic E-state index is -0.761. The molecule has 35 heavy (non-hydrogen) atoms. The molecule has 0 saturated carbocycles. The zero-order valence-electron chi connectivity index (χ0n) is 20.3. The smallest absolute Gasteiger partial charge is 0.338 e. The van der Waals surface area contributed by atoms with Gasteiger partial charge in [0, 0.05) is 51.1 Å². The number of fused-ring (bicyclic) bond motifs is 1. The molecule has 3 heterocycles. The molecule has 0 aromatic heterocycles. The lowest BCUT2D eigenvalue weighted by Crippen LogP contribution is -2.49. The number of methoxy groups -OCH3 is 1. The molecule has 0 N–H and O–H groups in total. The molecule has 1 saturated heterocycles. The van der Waals surface area contributed by atoms with Gasteiger partial charge in [-0.3, -0.25) is 9.69 Å². The zero-order valence-corrected chi connectivity index (χ0v) is 21.1. The number of nitrogens with zero attached hydrogens (tertiary/aromatic N) is 4. The number of aliphatic imine (C=N–C) groups is 1. The maximum atomic E-state index is 15.0. The van der Waals surface area contributed by atoms with E-state index in [0.717, 1.165) is 19.6 Å². The molecule has 1 aromatic carbocycles. The fourth-order valence-corrected chi connectivity index (χ4v) is 5.50. The molecule has 0 radical (unpaired) electrons. The van der Waals surface area contributed by atoms with Gasteiger partial charge in [-0.2, -0.15) is 0 Å². The minimum absolute atomic E-state index is 0.000680. The van der Waals surface area contributed by atoms with Crippen LogP contribution in [0.15, 0.2) is 51.6 Å². The van der Waals surface area contributed by atoms with Crippen molar-refractivity contribution in [2.45, 2.75) is 26.3 Å². The van der Waals surface area contributed by atoms with E-state index < -0.39 is 17.8 Å². The summed E-state index contributed by atoms with van der Waals surface area (Å²) in [6, 6.07) is 5.63. The fraction of sp³-hybridized carbons (Fsp3) is 0.480. The lowest BCUT2D eigenvalue weighted by Gasteiger charge is -2.38. The van der Waals surface area contributed by atoms with Crippen LogP contribution in [-0.4, -0.2) is 84.8 Å². The summed E-state index contributed by atoms with van der Waals surface area (Å²) in [7, 11) is 1.68. The van der Waals surface area contributed by atoms with Crippen LogP contribution in [0.25, 0.3) is 0 Å². The summed E-state index contributed by atoms with van der Waals surface area (Å²) in [6.07, 6.45) is 0.143. The number of esters is 1. The van der Waals surface area contributed by atoms with Gasteiger partial charge in [0.1, 0.15) is 5.82 Å². The van der Waals surface area contributed by atoms with Gasteiger partial charge in [0.25, 0.3) is 0 Å². The summed E-state index contributed by atoms with van der Waals surface area (Å²) in [5, 5.41) is 2.50. The van der Waals surface area contributed by atoms with Crippen LogP contribution in [0.1, 0.15) is 31.9 Å². The van der Waals surface area contributed by atoms with Gasteiger partial charge in [0.05, 0.1) is 36.9 Å². The van der Waals surface area contributed by atoms with Crippen LogP contribution >= 0.6 is 11.8 Å². The number of amidine groups is 1. The lowest BCUT2D eigenvalue weighted by molar-refractivity contribution is -0.139. The highest BCUT2D eigenvalue weighted by Gasteiger charge is 2.42. The van der Waals surface area contributed by atoms with Crippen LogP contribution in [0, 0.1) is 5.82 Å². The number of benzene rings is 1. The van der Waals surface area contributed by atoms with Crippen molar-refractivity contribution in [1.29, 1.82) is 0 Å². The van der Waals surface area contributed by atoms with Crippen molar-refractivity contribution in [2.75, 3.05) is 53.0 Å². The molecule has 0 spiro atoms. The van der Waals surface area contributed by atoms with E-state index in [4.69, 9.17) is 9.47 Å². The van der Waals surface area contributed by atoms with Crippen molar-refractivity contribution < 1.29 is 23.5 Å². The maximum Gasteiger partial charge on any atom is 0.338 e. The predicted octanol–water partition coefficient (Wildman–Crippen LogP) is 3.14. The van der Waals surface area contributed by atoms with E-state index in [1.807, 2.05) is 15.2 Å². The molecule has 0 unspecified atom stereocenters. The average molecular weight is 503 g/mol. The number of carbonyl (C=O) groups excluding carboxylic acids is 2. The van der Waals surface area contributed by atoms with E-state index in [1.54, 1.807) is 39.2 Å². The number of hydrogen-bond acceptors (Lipinski definition) is 8. The van der Waals surface area contributed by atoms with Gasteiger partial charge < -0.3 is 19.3 Å². The van der Waals surface area contributed by atoms with Crippen LogP contribution in [0.4, 0.5) is 4.39 Å². The van der Waals surface area contributed by atoms with E-state index >= 15 is 4.39 Å². The van der Waals surface area contributed by atoms with Crippen LogP contribution in [-0.2, 0) is 19.1 Å². The Kier molecular flexibility index (Phi) is 8.25. The van der Waals surface area contributed by atoms with Crippen molar-refractivity contribution in [1.82, 2.24) is 14.7 Å². The summed E-state index contributed by atoms with van der Waals surface area (Å²) in [5.74, 6) is -0.959. The third-order valence-corrected chi connectivity index (χ3v) is 7.25. The Balaban J connectivity index is 1.57. The Labute approximate surface area is 209 Å². The summed E-state index contributed by atoms with van der Waals surface area (Å²) < 4.78 is 25.5. The van der Waals surface area contributed by atoms with Crippen molar-refractivity contribution in [2.24, 2.45) is 4.99 Å². The van der Waals surface area contributed by atoms with E-state index in [2.05, 4.69) is 9.89 Å². The Bertz CT molecular complexity index is 1070. The number of carbonyl (C=O) groups is 2. The highest BCUT2D eigenvalue weighted by Crippen LogP contribution is 2.45. The second kappa shape index (κ2) is 11.4. The Morgan fingerprint density at radius 2 is 1.94 bits per heavy atom.